The number of aryl methyl sites for hydroxylation is 2. The Hall–Kier alpha value is -1.60. The third-order valence-electron chi connectivity index (χ3n) is 3.51. The van der Waals surface area contributed by atoms with E-state index in [9.17, 15) is 0 Å². The van der Waals surface area contributed by atoms with E-state index >= 15 is 0 Å². The van der Waals surface area contributed by atoms with Gasteiger partial charge in [0.05, 0.1) is 6.04 Å². The van der Waals surface area contributed by atoms with Crippen molar-refractivity contribution in [2.45, 2.75) is 33.2 Å². The molecule has 0 spiro atoms. The van der Waals surface area contributed by atoms with E-state index in [1.165, 1.54) is 22.3 Å². The molecule has 19 heavy (non-hydrogen) atoms. The van der Waals surface area contributed by atoms with E-state index in [1.807, 2.05) is 0 Å². The molecule has 1 heteroatoms. The second kappa shape index (κ2) is 6.53. The highest BCUT2D eigenvalue weighted by Gasteiger charge is 2.12. The molecule has 1 unspecified atom stereocenters. The molecule has 0 amide bonds. The van der Waals surface area contributed by atoms with Gasteiger partial charge in [0.25, 0.3) is 0 Å². The number of nitrogens with one attached hydrogen (secondary N) is 1. The lowest BCUT2D eigenvalue weighted by atomic mass is 9.96. The summed E-state index contributed by atoms with van der Waals surface area (Å²) < 4.78 is 0. The normalized spacial score (nSPS) is 12.4. The maximum Gasteiger partial charge on any atom is 0.0576 e. The van der Waals surface area contributed by atoms with Crippen molar-refractivity contribution in [2.75, 3.05) is 6.54 Å². The maximum atomic E-state index is 3.58. The van der Waals surface area contributed by atoms with E-state index in [4.69, 9.17) is 0 Å². The predicted octanol–water partition coefficient (Wildman–Crippen LogP) is 4.26. The van der Waals surface area contributed by atoms with Crippen LogP contribution in [0.5, 0.6) is 0 Å². The number of rotatable bonds is 5. The molecule has 0 aliphatic rings. The van der Waals surface area contributed by atoms with Crippen molar-refractivity contribution in [3.8, 4) is 0 Å². The first-order chi connectivity index (χ1) is 9.24. The summed E-state index contributed by atoms with van der Waals surface area (Å²) >= 11 is 0. The van der Waals surface area contributed by atoms with Gasteiger partial charge in [0, 0.05) is 0 Å². The van der Waals surface area contributed by atoms with Crippen molar-refractivity contribution in [1.29, 1.82) is 0 Å². The van der Waals surface area contributed by atoms with Gasteiger partial charge in [0.2, 0.25) is 0 Å². The molecule has 0 bridgehead atoms. The van der Waals surface area contributed by atoms with Crippen LogP contribution in [-0.4, -0.2) is 6.54 Å². The van der Waals surface area contributed by atoms with Gasteiger partial charge in [0.15, 0.2) is 0 Å². The standard InChI is InChI=1S/C18H23N/c1-4-15-9-11-16(12-10-15)18(19-5-2)17-8-6-7-14(3)13-17/h6-13,18-19H,4-5H2,1-3H3. The lowest BCUT2D eigenvalue weighted by molar-refractivity contribution is 0.630. The molecule has 1 N–H and O–H groups in total. The first kappa shape index (κ1) is 13.8. The molecule has 0 heterocycles. The minimum absolute atomic E-state index is 0.288. The summed E-state index contributed by atoms with van der Waals surface area (Å²) in [5.74, 6) is 0. The molecule has 0 saturated heterocycles. The van der Waals surface area contributed by atoms with Crippen molar-refractivity contribution in [3.05, 3.63) is 70.8 Å². The topological polar surface area (TPSA) is 12.0 Å². The van der Waals surface area contributed by atoms with E-state index in [0.717, 1.165) is 13.0 Å². The summed E-state index contributed by atoms with van der Waals surface area (Å²) in [6, 6.07) is 18.0. The van der Waals surface area contributed by atoms with E-state index in [1.54, 1.807) is 0 Å². The van der Waals surface area contributed by atoms with Crippen molar-refractivity contribution >= 4 is 0 Å². The minimum atomic E-state index is 0.288. The first-order valence-corrected chi connectivity index (χ1v) is 7.13. The largest absolute Gasteiger partial charge is 0.307 e. The molecule has 0 aliphatic carbocycles. The third kappa shape index (κ3) is 3.45. The lowest BCUT2D eigenvalue weighted by Crippen LogP contribution is -2.22. The van der Waals surface area contributed by atoms with Crippen molar-refractivity contribution < 1.29 is 0 Å². The van der Waals surface area contributed by atoms with Crippen molar-refractivity contribution in [1.82, 2.24) is 5.32 Å². The van der Waals surface area contributed by atoms with E-state index in [-0.39, 0.29) is 6.04 Å². The van der Waals surface area contributed by atoms with Gasteiger partial charge in [-0.2, -0.15) is 0 Å². The second-order valence-corrected chi connectivity index (χ2v) is 5.00. The predicted molar refractivity (Wildman–Crippen MR) is 82.5 cm³/mol. The van der Waals surface area contributed by atoms with Crippen LogP contribution >= 0.6 is 0 Å². The van der Waals surface area contributed by atoms with Gasteiger partial charge in [-0.25, -0.2) is 0 Å². The van der Waals surface area contributed by atoms with Gasteiger partial charge in [-0.3, -0.25) is 0 Å². The van der Waals surface area contributed by atoms with Crippen LogP contribution in [0.2, 0.25) is 0 Å². The zero-order valence-electron chi connectivity index (χ0n) is 12.1. The Balaban J connectivity index is 2.33. The van der Waals surface area contributed by atoms with E-state index in [2.05, 4.69) is 74.6 Å². The van der Waals surface area contributed by atoms with Gasteiger partial charge < -0.3 is 5.32 Å². The van der Waals surface area contributed by atoms with Crippen LogP contribution < -0.4 is 5.32 Å². The van der Waals surface area contributed by atoms with Crippen molar-refractivity contribution in [3.63, 3.8) is 0 Å². The fourth-order valence-corrected chi connectivity index (χ4v) is 2.43. The molecule has 2 aromatic rings. The molecule has 2 aromatic carbocycles. The van der Waals surface area contributed by atoms with Gasteiger partial charge >= 0.3 is 0 Å². The fourth-order valence-electron chi connectivity index (χ4n) is 2.43. The highest BCUT2D eigenvalue weighted by molar-refractivity contribution is 5.35. The Morgan fingerprint density at radius 1 is 0.947 bits per heavy atom. The molecule has 0 aromatic heterocycles. The van der Waals surface area contributed by atoms with Gasteiger partial charge in [0.1, 0.15) is 0 Å². The molecular formula is C18H23N. The summed E-state index contributed by atoms with van der Waals surface area (Å²) in [6.45, 7) is 7.46. The molecular weight excluding hydrogens is 230 g/mol. The van der Waals surface area contributed by atoms with Crippen LogP contribution in [0, 0.1) is 6.92 Å². The Morgan fingerprint density at radius 3 is 2.26 bits per heavy atom. The average molecular weight is 253 g/mol. The van der Waals surface area contributed by atoms with Crippen LogP contribution in [0.4, 0.5) is 0 Å². The Kier molecular flexibility index (Phi) is 4.75. The Morgan fingerprint density at radius 2 is 1.68 bits per heavy atom. The van der Waals surface area contributed by atoms with Gasteiger partial charge in [-0.1, -0.05) is 67.9 Å². The SMILES string of the molecule is CCNC(c1ccc(CC)cc1)c1cccc(C)c1. The summed E-state index contributed by atoms with van der Waals surface area (Å²) in [5, 5.41) is 3.58. The highest BCUT2D eigenvalue weighted by Crippen LogP contribution is 2.23. The van der Waals surface area contributed by atoms with Crippen molar-refractivity contribution in [2.24, 2.45) is 0 Å². The van der Waals surface area contributed by atoms with Crippen LogP contribution in [0.25, 0.3) is 0 Å². The molecule has 1 nitrogen and oxygen atoms in total. The van der Waals surface area contributed by atoms with Crippen LogP contribution in [0.15, 0.2) is 48.5 Å². The molecule has 0 radical (unpaired) electrons. The number of hydrogen-bond acceptors (Lipinski definition) is 1. The molecule has 0 aliphatic heterocycles. The zero-order valence-corrected chi connectivity index (χ0v) is 12.1. The highest BCUT2D eigenvalue weighted by atomic mass is 14.9. The number of benzene rings is 2. The van der Waals surface area contributed by atoms with Crippen LogP contribution in [0.3, 0.4) is 0 Å². The molecule has 0 saturated carbocycles. The smallest absolute Gasteiger partial charge is 0.0576 e. The average Bonchev–Trinajstić information content (AvgIpc) is 2.45. The van der Waals surface area contributed by atoms with E-state index < -0.39 is 0 Å². The molecule has 100 valence electrons. The van der Waals surface area contributed by atoms with Gasteiger partial charge in [-0.15, -0.1) is 0 Å². The van der Waals surface area contributed by atoms with E-state index in [0.29, 0.717) is 0 Å². The number of hydrogen-bond donors (Lipinski definition) is 1. The molecule has 1 atom stereocenters. The maximum absolute atomic E-state index is 3.58. The van der Waals surface area contributed by atoms with Crippen LogP contribution in [0.1, 0.15) is 42.1 Å². The monoisotopic (exact) mass is 253 g/mol. The third-order valence-corrected chi connectivity index (χ3v) is 3.51. The Bertz CT molecular complexity index is 513. The van der Waals surface area contributed by atoms with Gasteiger partial charge in [-0.05, 0) is 36.6 Å². The quantitative estimate of drug-likeness (QED) is 0.839. The van der Waals surface area contributed by atoms with Crippen LogP contribution in [-0.2, 0) is 6.42 Å². The Labute approximate surface area is 116 Å². The minimum Gasteiger partial charge on any atom is -0.307 e. The first-order valence-electron chi connectivity index (χ1n) is 7.13. The second-order valence-electron chi connectivity index (χ2n) is 5.00. The summed E-state index contributed by atoms with van der Waals surface area (Å²) in [7, 11) is 0. The molecule has 2 rings (SSSR count). The zero-order chi connectivity index (χ0) is 13.7. The lowest BCUT2D eigenvalue weighted by Gasteiger charge is -2.19. The summed E-state index contributed by atoms with van der Waals surface area (Å²) in [4.78, 5) is 0. The summed E-state index contributed by atoms with van der Waals surface area (Å²) in [6.07, 6.45) is 1.09. The molecule has 0 fully saturated rings. The summed E-state index contributed by atoms with van der Waals surface area (Å²) in [5.41, 5.74) is 5.38. The fraction of sp³-hybridized carbons (Fsp3) is 0.333.